The predicted molar refractivity (Wildman–Crippen MR) is 164 cm³/mol. The van der Waals surface area contributed by atoms with Crippen molar-refractivity contribution in [1.29, 1.82) is 0 Å². The number of fused-ring (bicyclic) bond motifs is 1. The van der Waals surface area contributed by atoms with Crippen molar-refractivity contribution >= 4 is 0 Å². The average Bonchev–Trinajstić information content (AvgIpc) is 3.07. The van der Waals surface area contributed by atoms with Crippen LogP contribution in [0, 0.1) is 5.41 Å². The van der Waals surface area contributed by atoms with Crippen molar-refractivity contribution in [3.05, 3.63) is 120 Å². The van der Waals surface area contributed by atoms with Crippen molar-refractivity contribution in [3.8, 4) is 44.9 Å². The van der Waals surface area contributed by atoms with Gasteiger partial charge >= 0.3 is 0 Å². The molecule has 2 heterocycles. The van der Waals surface area contributed by atoms with Crippen molar-refractivity contribution in [2.24, 2.45) is 5.41 Å². The summed E-state index contributed by atoms with van der Waals surface area (Å²) in [4.78, 5) is 9.97. The van der Waals surface area contributed by atoms with Crippen molar-refractivity contribution in [2.45, 2.75) is 52.4 Å². The van der Waals surface area contributed by atoms with Gasteiger partial charge in [0.05, 0.1) is 17.1 Å². The highest BCUT2D eigenvalue weighted by molar-refractivity contribution is 5.77. The Morgan fingerprint density at radius 1 is 0.436 bits per heavy atom. The second-order valence-corrected chi connectivity index (χ2v) is 12.4. The third-order valence-electron chi connectivity index (χ3n) is 9.85. The molecule has 0 atom stereocenters. The lowest BCUT2D eigenvalue weighted by atomic mass is 9.59. The molecule has 6 rings (SSSR count). The molecule has 0 saturated carbocycles. The van der Waals surface area contributed by atoms with Gasteiger partial charge in [-0.25, -0.2) is 4.98 Å². The van der Waals surface area contributed by atoms with Gasteiger partial charge in [0.2, 0.25) is 0 Å². The van der Waals surface area contributed by atoms with Crippen molar-refractivity contribution < 1.29 is 0 Å². The van der Waals surface area contributed by atoms with E-state index < -0.39 is 0 Å². The first kappa shape index (κ1) is 25.2. The number of pyridine rings is 2. The van der Waals surface area contributed by atoms with Crippen LogP contribution in [0.1, 0.15) is 52.7 Å². The van der Waals surface area contributed by atoms with Gasteiger partial charge in [-0.15, -0.1) is 0 Å². The van der Waals surface area contributed by atoms with Crippen LogP contribution < -0.4 is 0 Å². The standard InChI is InChI=1S/C37H36N2/c1-35(2)30-19-17-27(21-31(30)36(3,4)37(35,5)6)32-20-18-28(24-38-32)29-22-33(25-13-9-7-10-14-25)39-34(23-29)26-15-11-8-12-16-26/h7-24H,1-6H3. The number of aromatic nitrogens is 2. The summed E-state index contributed by atoms with van der Waals surface area (Å²) in [5, 5.41) is 0. The molecule has 1 aliphatic rings. The van der Waals surface area contributed by atoms with Gasteiger partial charge in [-0.2, -0.15) is 0 Å². The van der Waals surface area contributed by atoms with Gasteiger partial charge in [-0.1, -0.05) is 120 Å². The fourth-order valence-electron chi connectivity index (χ4n) is 6.17. The second-order valence-electron chi connectivity index (χ2n) is 12.4. The Bertz CT molecular complexity index is 1590. The van der Waals surface area contributed by atoms with Crippen LogP contribution in [0.4, 0.5) is 0 Å². The van der Waals surface area contributed by atoms with Crippen LogP contribution in [0.5, 0.6) is 0 Å². The highest BCUT2D eigenvalue weighted by Gasteiger charge is 2.56. The molecular formula is C37H36N2. The van der Waals surface area contributed by atoms with E-state index >= 15 is 0 Å². The van der Waals surface area contributed by atoms with Crippen molar-refractivity contribution in [2.75, 3.05) is 0 Å². The first-order chi connectivity index (χ1) is 18.6. The maximum Gasteiger partial charge on any atom is 0.0715 e. The van der Waals surface area contributed by atoms with Crippen LogP contribution in [-0.2, 0) is 10.8 Å². The van der Waals surface area contributed by atoms with Crippen LogP contribution in [-0.4, -0.2) is 9.97 Å². The van der Waals surface area contributed by atoms with E-state index in [9.17, 15) is 0 Å². The van der Waals surface area contributed by atoms with E-state index in [1.807, 2.05) is 18.3 Å². The third-order valence-corrected chi connectivity index (χ3v) is 9.85. The van der Waals surface area contributed by atoms with Gasteiger partial charge < -0.3 is 0 Å². The van der Waals surface area contributed by atoms with Crippen LogP contribution >= 0.6 is 0 Å². The molecule has 0 N–H and O–H groups in total. The Labute approximate surface area is 232 Å². The Hall–Kier alpha value is -4.04. The molecule has 2 heteroatoms. The summed E-state index contributed by atoms with van der Waals surface area (Å²) in [5.41, 5.74) is 11.7. The molecule has 0 aliphatic heterocycles. The third kappa shape index (κ3) is 4.01. The molecule has 0 radical (unpaired) electrons. The van der Waals surface area contributed by atoms with Crippen LogP contribution in [0.2, 0.25) is 0 Å². The molecule has 0 saturated heterocycles. The molecule has 0 spiro atoms. The predicted octanol–water partition coefficient (Wildman–Crippen LogP) is 9.74. The topological polar surface area (TPSA) is 25.8 Å². The van der Waals surface area contributed by atoms with E-state index in [1.54, 1.807) is 0 Å². The lowest BCUT2D eigenvalue weighted by Gasteiger charge is -2.44. The minimum Gasteiger partial charge on any atom is -0.256 e. The first-order valence-corrected chi connectivity index (χ1v) is 13.8. The molecule has 2 aromatic heterocycles. The van der Waals surface area contributed by atoms with Gasteiger partial charge in [0.25, 0.3) is 0 Å². The summed E-state index contributed by atoms with van der Waals surface area (Å²) in [6, 6.07) is 36.4. The fraction of sp³-hybridized carbons (Fsp3) is 0.243. The molecule has 39 heavy (non-hydrogen) atoms. The van der Waals surface area contributed by atoms with Crippen LogP contribution in [0.15, 0.2) is 109 Å². The van der Waals surface area contributed by atoms with E-state index in [2.05, 4.69) is 133 Å². The van der Waals surface area contributed by atoms with Gasteiger partial charge in [-0.3, -0.25) is 4.98 Å². The SMILES string of the molecule is CC1(C)c2ccc(-c3ccc(-c4cc(-c5ccccc5)nc(-c5ccccc5)c4)cn3)cc2C(C)(C)C1(C)C. The van der Waals surface area contributed by atoms with Gasteiger partial charge in [0, 0.05) is 28.5 Å². The Kier molecular flexibility index (Phi) is 5.84. The molecule has 0 unspecified atom stereocenters. The number of hydrogen-bond donors (Lipinski definition) is 0. The fourth-order valence-corrected chi connectivity index (χ4v) is 6.17. The highest BCUT2D eigenvalue weighted by Crippen LogP contribution is 2.61. The van der Waals surface area contributed by atoms with Crippen molar-refractivity contribution in [1.82, 2.24) is 9.97 Å². The Morgan fingerprint density at radius 2 is 0.974 bits per heavy atom. The van der Waals surface area contributed by atoms with E-state index in [4.69, 9.17) is 9.97 Å². The normalized spacial score (nSPS) is 16.6. The number of nitrogens with zero attached hydrogens (tertiary/aromatic N) is 2. The van der Waals surface area contributed by atoms with Crippen molar-refractivity contribution in [3.63, 3.8) is 0 Å². The largest absolute Gasteiger partial charge is 0.256 e. The first-order valence-electron chi connectivity index (χ1n) is 13.8. The van der Waals surface area contributed by atoms with Gasteiger partial charge in [-0.05, 0) is 57.2 Å². The maximum absolute atomic E-state index is 5.01. The maximum atomic E-state index is 5.01. The average molecular weight is 509 g/mol. The Balaban J connectivity index is 1.40. The smallest absolute Gasteiger partial charge is 0.0715 e. The minimum absolute atomic E-state index is 0.0699. The van der Waals surface area contributed by atoms with Gasteiger partial charge in [0.15, 0.2) is 0 Å². The number of rotatable bonds is 4. The summed E-state index contributed by atoms with van der Waals surface area (Å²) in [5.74, 6) is 0. The summed E-state index contributed by atoms with van der Waals surface area (Å²) in [7, 11) is 0. The molecule has 5 aromatic rings. The number of benzene rings is 3. The summed E-state index contributed by atoms with van der Waals surface area (Å²) < 4.78 is 0. The molecule has 194 valence electrons. The van der Waals surface area contributed by atoms with E-state index in [1.165, 1.54) is 16.7 Å². The minimum atomic E-state index is 0.0699. The lowest BCUT2D eigenvalue weighted by molar-refractivity contribution is 0.125. The monoisotopic (exact) mass is 508 g/mol. The number of hydrogen-bond acceptors (Lipinski definition) is 2. The Morgan fingerprint density at radius 3 is 1.51 bits per heavy atom. The van der Waals surface area contributed by atoms with E-state index in [0.29, 0.717) is 0 Å². The van der Waals surface area contributed by atoms with Gasteiger partial charge in [0.1, 0.15) is 0 Å². The summed E-state index contributed by atoms with van der Waals surface area (Å²) >= 11 is 0. The highest BCUT2D eigenvalue weighted by atomic mass is 14.7. The summed E-state index contributed by atoms with van der Waals surface area (Å²) in [6.07, 6.45) is 2.00. The zero-order valence-electron chi connectivity index (χ0n) is 23.8. The quantitative estimate of drug-likeness (QED) is 0.241. The zero-order chi connectivity index (χ0) is 27.4. The van der Waals surface area contributed by atoms with Crippen LogP contribution in [0.3, 0.4) is 0 Å². The molecule has 0 amide bonds. The second kappa shape index (κ2) is 9.02. The zero-order valence-corrected chi connectivity index (χ0v) is 23.8. The van der Waals surface area contributed by atoms with E-state index in [0.717, 1.165) is 39.3 Å². The van der Waals surface area contributed by atoms with Crippen LogP contribution in [0.25, 0.3) is 44.9 Å². The van der Waals surface area contributed by atoms with E-state index in [-0.39, 0.29) is 16.2 Å². The molecule has 3 aromatic carbocycles. The lowest BCUT2D eigenvalue weighted by Crippen LogP contribution is -2.42. The molecular weight excluding hydrogens is 472 g/mol. The molecule has 2 nitrogen and oxygen atoms in total. The summed E-state index contributed by atoms with van der Waals surface area (Å²) in [6.45, 7) is 14.4. The molecule has 0 bridgehead atoms. The molecule has 0 fully saturated rings. The molecule has 1 aliphatic carbocycles.